The summed E-state index contributed by atoms with van der Waals surface area (Å²) in [5.74, 6) is -0.635. The van der Waals surface area contributed by atoms with E-state index >= 15 is 4.39 Å². The lowest BCUT2D eigenvalue weighted by molar-refractivity contribution is -0.120. The molecule has 1 fully saturated rings. The van der Waals surface area contributed by atoms with Gasteiger partial charge >= 0.3 is 6.09 Å². The molecule has 1 aromatic heterocycles. The molecule has 0 saturated carbocycles. The molecular formula is C21H26FN7O3. The van der Waals surface area contributed by atoms with E-state index in [0.29, 0.717) is 30.8 Å². The Morgan fingerprint density at radius 3 is 2.81 bits per heavy atom. The number of ether oxygens (including phenoxy) is 1. The van der Waals surface area contributed by atoms with Crippen molar-refractivity contribution in [2.75, 3.05) is 18.5 Å². The second kappa shape index (κ2) is 9.27. The van der Waals surface area contributed by atoms with Crippen molar-refractivity contribution in [3.63, 3.8) is 0 Å². The molecule has 1 saturated heterocycles. The van der Waals surface area contributed by atoms with E-state index in [2.05, 4.69) is 20.0 Å². The van der Waals surface area contributed by atoms with Crippen LogP contribution in [0.15, 0.2) is 35.7 Å². The Morgan fingerprint density at radius 2 is 2.22 bits per heavy atom. The summed E-state index contributed by atoms with van der Waals surface area (Å²) < 4.78 is 20.7. The van der Waals surface area contributed by atoms with Gasteiger partial charge in [0, 0.05) is 30.9 Å². The van der Waals surface area contributed by atoms with Crippen LogP contribution >= 0.6 is 0 Å². The molecule has 2 heterocycles. The summed E-state index contributed by atoms with van der Waals surface area (Å²) >= 11 is 0. The molecule has 11 heteroatoms. The van der Waals surface area contributed by atoms with Crippen molar-refractivity contribution in [2.45, 2.75) is 51.3 Å². The fourth-order valence-electron chi connectivity index (χ4n) is 3.61. The van der Waals surface area contributed by atoms with Crippen molar-refractivity contribution in [2.24, 2.45) is 5.11 Å². The van der Waals surface area contributed by atoms with Gasteiger partial charge in [-0.1, -0.05) is 11.2 Å². The van der Waals surface area contributed by atoms with E-state index in [1.165, 1.54) is 28.1 Å². The van der Waals surface area contributed by atoms with E-state index in [4.69, 9.17) is 10.3 Å². The van der Waals surface area contributed by atoms with Gasteiger partial charge < -0.3 is 14.6 Å². The summed E-state index contributed by atoms with van der Waals surface area (Å²) in [5.41, 5.74) is 8.50. The number of imidazole rings is 1. The van der Waals surface area contributed by atoms with Crippen molar-refractivity contribution in [3.05, 3.63) is 58.2 Å². The number of anilines is 1. The van der Waals surface area contributed by atoms with E-state index in [-0.39, 0.29) is 5.69 Å². The minimum atomic E-state index is -0.845. The van der Waals surface area contributed by atoms with Crippen LogP contribution in [0.2, 0.25) is 0 Å². The van der Waals surface area contributed by atoms with Gasteiger partial charge in [-0.3, -0.25) is 9.69 Å². The van der Waals surface area contributed by atoms with Crippen molar-refractivity contribution in [1.82, 2.24) is 14.9 Å². The van der Waals surface area contributed by atoms with Crippen LogP contribution in [0.4, 0.5) is 14.9 Å². The fourth-order valence-corrected chi connectivity index (χ4v) is 3.61. The zero-order valence-corrected chi connectivity index (χ0v) is 18.4. The number of H-pyrrole nitrogens is 1. The number of azide groups is 1. The Balaban J connectivity index is 1.94. The van der Waals surface area contributed by atoms with E-state index in [0.717, 1.165) is 0 Å². The second-order valence-corrected chi connectivity index (χ2v) is 8.53. The molecule has 1 aliphatic rings. The average Bonchev–Trinajstić information content (AvgIpc) is 3.23. The normalized spacial score (nSPS) is 17.5. The lowest BCUT2D eigenvalue weighted by atomic mass is 10.0. The first kappa shape index (κ1) is 23.1. The van der Waals surface area contributed by atoms with Crippen LogP contribution in [0.3, 0.4) is 0 Å². The van der Waals surface area contributed by atoms with Gasteiger partial charge in [-0.15, -0.1) is 0 Å². The molecule has 0 aliphatic carbocycles. The third kappa shape index (κ3) is 5.00. The number of rotatable bonds is 5. The first-order chi connectivity index (χ1) is 15.1. The number of carbonyl (C=O) groups is 2. The van der Waals surface area contributed by atoms with Crippen LogP contribution in [0.1, 0.15) is 51.0 Å². The zero-order chi connectivity index (χ0) is 23.5. The molecule has 0 radical (unpaired) electrons. The van der Waals surface area contributed by atoms with E-state index in [9.17, 15) is 9.59 Å². The third-order valence-electron chi connectivity index (χ3n) is 5.03. The highest BCUT2D eigenvalue weighted by Crippen LogP contribution is 2.32. The van der Waals surface area contributed by atoms with Crippen molar-refractivity contribution >= 4 is 17.7 Å². The Hall–Kier alpha value is -3.59. The largest absolute Gasteiger partial charge is 0.444 e. The van der Waals surface area contributed by atoms with Gasteiger partial charge in [0.05, 0.1) is 5.69 Å². The highest BCUT2D eigenvalue weighted by molar-refractivity contribution is 5.98. The molecule has 10 nitrogen and oxygen atoms in total. The van der Waals surface area contributed by atoms with Crippen molar-refractivity contribution in [3.8, 4) is 0 Å². The highest BCUT2D eigenvalue weighted by atomic mass is 19.1. The number of carbonyl (C=O) groups excluding carboxylic acids is 2. The first-order valence-corrected chi connectivity index (χ1v) is 10.2. The maximum atomic E-state index is 15.2. The standard InChI is InChI=1S/C21H26FN7O3/c1-21(2,3)32-20(31)28(4)17(18-24-9-10-25-18)13-7-8-16(14(22)12-13)29-11-5-6-15(19(29)30)26-27-23/h7-10,12,15,17H,5-6,11H2,1-4H3,(H,24,25). The van der Waals surface area contributed by atoms with Gasteiger partial charge in [0.25, 0.3) is 0 Å². The molecule has 2 amide bonds. The number of nitrogens with zero attached hydrogens (tertiary/aromatic N) is 6. The second-order valence-electron chi connectivity index (χ2n) is 8.53. The average molecular weight is 443 g/mol. The number of nitrogens with one attached hydrogen (secondary N) is 1. The number of benzene rings is 1. The van der Waals surface area contributed by atoms with E-state index in [1.54, 1.807) is 40.1 Å². The lowest BCUT2D eigenvalue weighted by Crippen LogP contribution is -2.43. The van der Waals surface area contributed by atoms with Crippen LogP contribution < -0.4 is 4.90 Å². The molecule has 2 unspecified atom stereocenters. The number of amides is 2. The Bertz CT molecular complexity index is 1030. The lowest BCUT2D eigenvalue weighted by Gasteiger charge is -2.32. The third-order valence-corrected chi connectivity index (χ3v) is 5.03. The van der Waals surface area contributed by atoms with Gasteiger partial charge in [0.1, 0.15) is 29.3 Å². The predicted molar refractivity (Wildman–Crippen MR) is 115 cm³/mol. The molecule has 2 atom stereocenters. The van der Waals surface area contributed by atoms with Crippen LogP contribution in [0.25, 0.3) is 10.4 Å². The Kier molecular flexibility index (Phi) is 6.69. The zero-order valence-electron chi connectivity index (χ0n) is 18.4. The number of aromatic nitrogens is 2. The van der Waals surface area contributed by atoms with Gasteiger partial charge in [0.2, 0.25) is 5.91 Å². The van der Waals surface area contributed by atoms with E-state index in [1.807, 2.05) is 0 Å². The number of hydrogen-bond donors (Lipinski definition) is 1. The van der Waals surface area contributed by atoms with Crippen LogP contribution in [0, 0.1) is 5.82 Å². The van der Waals surface area contributed by atoms with Crippen LogP contribution in [-0.2, 0) is 9.53 Å². The Labute approximate surface area is 185 Å². The van der Waals surface area contributed by atoms with E-state index < -0.39 is 35.5 Å². The fraction of sp³-hybridized carbons (Fsp3) is 0.476. The molecule has 32 heavy (non-hydrogen) atoms. The monoisotopic (exact) mass is 443 g/mol. The molecule has 3 rings (SSSR count). The molecule has 1 aliphatic heterocycles. The van der Waals surface area contributed by atoms with Crippen molar-refractivity contribution < 1.29 is 18.7 Å². The molecule has 2 aromatic rings. The number of hydrogen-bond acceptors (Lipinski definition) is 5. The van der Waals surface area contributed by atoms with Gasteiger partial charge in [-0.05, 0) is 56.8 Å². The SMILES string of the molecule is CN(C(=O)OC(C)(C)C)C(c1ccc(N2CCCC(N=[N+]=[N-])C2=O)c(F)c1)c1ncc[nH]1. The highest BCUT2D eigenvalue weighted by Gasteiger charge is 2.33. The smallest absolute Gasteiger partial charge is 0.410 e. The number of piperidine rings is 1. The molecule has 170 valence electrons. The van der Waals surface area contributed by atoms with Gasteiger partial charge in [0.15, 0.2) is 0 Å². The minimum absolute atomic E-state index is 0.0923. The minimum Gasteiger partial charge on any atom is -0.444 e. The maximum Gasteiger partial charge on any atom is 0.410 e. The maximum absolute atomic E-state index is 15.2. The molecule has 1 N–H and O–H groups in total. The molecule has 0 bridgehead atoms. The van der Waals surface area contributed by atoms with Gasteiger partial charge in [-0.2, -0.15) is 0 Å². The first-order valence-electron chi connectivity index (χ1n) is 10.2. The van der Waals surface area contributed by atoms with Crippen molar-refractivity contribution in [1.29, 1.82) is 0 Å². The summed E-state index contributed by atoms with van der Waals surface area (Å²) in [6.07, 6.45) is 3.58. The summed E-state index contributed by atoms with van der Waals surface area (Å²) in [5, 5.41) is 3.52. The van der Waals surface area contributed by atoms with Gasteiger partial charge in [-0.25, -0.2) is 14.2 Å². The molecule has 0 spiro atoms. The predicted octanol–water partition coefficient (Wildman–Crippen LogP) is 4.31. The van der Waals surface area contributed by atoms with Crippen LogP contribution in [0.5, 0.6) is 0 Å². The quantitative estimate of drug-likeness (QED) is 0.419. The number of halogens is 1. The summed E-state index contributed by atoms with van der Waals surface area (Å²) in [7, 11) is 1.55. The summed E-state index contributed by atoms with van der Waals surface area (Å²) in [4.78, 5) is 37.8. The summed E-state index contributed by atoms with van der Waals surface area (Å²) in [6, 6.07) is 2.81. The summed E-state index contributed by atoms with van der Waals surface area (Å²) in [6.45, 7) is 5.60. The Morgan fingerprint density at radius 1 is 1.47 bits per heavy atom. The molecular weight excluding hydrogens is 417 g/mol. The van der Waals surface area contributed by atoms with Crippen LogP contribution in [-0.4, -0.2) is 52.1 Å². The topological polar surface area (TPSA) is 127 Å². The number of aromatic amines is 1. The molecule has 1 aromatic carbocycles.